The number of hydroxylamine groups is 1. The van der Waals surface area contributed by atoms with Crippen molar-refractivity contribution in [1.29, 1.82) is 0 Å². The van der Waals surface area contributed by atoms with E-state index in [1.165, 1.54) is 25.7 Å². The summed E-state index contributed by atoms with van der Waals surface area (Å²) in [5.74, 6) is 0.648. The molecule has 1 unspecified atom stereocenters. The number of anilines is 1. The highest BCUT2D eigenvalue weighted by Crippen LogP contribution is 2.42. The van der Waals surface area contributed by atoms with Gasteiger partial charge in [0.05, 0.1) is 5.92 Å². The lowest BCUT2D eigenvalue weighted by molar-refractivity contribution is -0.132. The largest absolute Gasteiger partial charge is 0.308 e. The van der Waals surface area contributed by atoms with Gasteiger partial charge in [0.25, 0.3) is 0 Å². The highest BCUT2D eigenvalue weighted by atomic mass is 16.5. The van der Waals surface area contributed by atoms with Gasteiger partial charge in [0.15, 0.2) is 0 Å². The van der Waals surface area contributed by atoms with E-state index in [1.807, 2.05) is 29.2 Å². The van der Waals surface area contributed by atoms with Crippen LogP contribution in [0.5, 0.6) is 0 Å². The van der Waals surface area contributed by atoms with Crippen LogP contribution in [0.1, 0.15) is 70.3 Å². The monoisotopic (exact) mass is 413 g/mol. The number of piperidine rings is 1. The number of nitrogens with one attached hydrogen (secondary N) is 1. The molecule has 0 radical (unpaired) electrons. The molecule has 1 aliphatic carbocycles. The van der Waals surface area contributed by atoms with Gasteiger partial charge in [0, 0.05) is 37.3 Å². The van der Waals surface area contributed by atoms with Crippen molar-refractivity contribution in [3.63, 3.8) is 0 Å². The molecule has 2 fully saturated rings. The number of hydrogen-bond acceptors (Lipinski definition) is 4. The Bertz CT molecular complexity index is 765. The average Bonchev–Trinajstić information content (AvgIpc) is 3.05. The lowest BCUT2D eigenvalue weighted by atomic mass is 9.79. The van der Waals surface area contributed by atoms with E-state index in [9.17, 15) is 9.59 Å². The first-order valence-electron chi connectivity index (χ1n) is 11.6. The van der Waals surface area contributed by atoms with Gasteiger partial charge >= 0.3 is 0 Å². The van der Waals surface area contributed by atoms with E-state index in [2.05, 4.69) is 18.7 Å². The van der Waals surface area contributed by atoms with Gasteiger partial charge in [-0.3, -0.25) is 14.8 Å². The van der Waals surface area contributed by atoms with Crippen LogP contribution in [0.3, 0.4) is 0 Å². The highest BCUT2D eigenvalue weighted by Gasteiger charge is 2.42. The molecule has 2 N–H and O–H groups in total. The summed E-state index contributed by atoms with van der Waals surface area (Å²) in [6.07, 6.45) is 7.23. The third-order valence-corrected chi connectivity index (χ3v) is 7.69. The van der Waals surface area contributed by atoms with Crippen molar-refractivity contribution in [1.82, 2.24) is 10.4 Å². The zero-order chi connectivity index (χ0) is 21.3. The minimum Gasteiger partial charge on any atom is -0.308 e. The van der Waals surface area contributed by atoms with Gasteiger partial charge in [-0.2, -0.15) is 0 Å². The molecule has 1 saturated carbocycles. The van der Waals surface area contributed by atoms with E-state index >= 15 is 0 Å². The van der Waals surface area contributed by atoms with Crippen LogP contribution in [0.4, 0.5) is 5.69 Å². The molecule has 164 valence electrons. The van der Waals surface area contributed by atoms with Crippen molar-refractivity contribution in [2.45, 2.75) is 76.8 Å². The first kappa shape index (κ1) is 21.3. The molecule has 1 aromatic rings. The molecular formula is C24H35N3O3. The maximum Gasteiger partial charge on any atom is 0.244 e. The number of fused-ring (bicyclic) bond motifs is 1. The van der Waals surface area contributed by atoms with Crippen molar-refractivity contribution >= 4 is 17.5 Å². The molecule has 0 spiro atoms. The number of likely N-dealkylation sites (tertiary alicyclic amines) is 1. The number of carbonyl (C=O) groups is 2. The van der Waals surface area contributed by atoms with E-state index in [-0.39, 0.29) is 18.4 Å². The molecular weight excluding hydrogens is 378 g/mol. The van der Waals surface area contributed by atoms with Gasteiger partial charge < -0.3 is 9.80 Å². The summed E-state index contributed by atoms with van der Waals surface area (Å²) >= 11 is 0. The van der Waals surface area contributed by atoms with Crippen LogP contribution in [-0.2, 0) is 9.59 Å². The Morgan fingerprint density at radius 3 is 2.37 bits per heavy atom. The maximum atomic E-state index is 13.2. The van der Waals surface area contributed by atoms with Crippen LogP contribution >= 0.6 is 0 Å². The zero-order valence-corrected chi connectivity index (χ0v) is 18.2. The Morgan fingerprint density at radius 2 is 1.73 bits per heavy atom. The first-order chi connectivity index (χ1) is 14.5. The Morgan fingerprint density at radius 1 is 1.07 bits per heavy atom. The van der Waals surface area contributed by atoms with Crippen molar-refractivity contribution in [2.75, 3.05) is 18.0 Å². The van der Waals surface area contributed by atoms with E-state index in [0.717, 1.165) is 49.0 Å². The number of benzene rings is 1. The summed E-state index contributed by atoms with van der Waals surface area (Å²) in [4.78, 5) is 29.6. The molecule has 0 aromatic heterocycles. The Kier molecular flexibility index (Phi) is 6.44. The van der Waals surface area contributed by atoms with E-state index in [0.29, 0.717) is 6.04 Å². The van der Waals surface area contributed by atoms with Crippen LogP contribution in [0.15, 0.2) is 24.3 Å². The highest BCUT2D eigenvalue weighted by molar-refractivity contribution is 6.07. The molecule has 1 aromatic carbocycles. The number of para-hydroxylation sites is 1. The van der Waals surface area contributed by atoms with Gasteiger partial charge in [-0.05, 0) is 62.0 Å². The van der Waals surface area contributed by atoms with Crippen molar-refractivity contribution in [3.8, 4) is 0 Å². The number of rotatable bonds is 5. The molecule has 4 rings (SSSR count). The van der Waals surface area contributed by atoms with Crippen molar-refractivity contribution in [2.24, 2.45) is 11.8 Å². The normalized spacial score (nSPS) is 28.1. The molecule has 2 heterocycles. The zero-order valence-electron chi connectivity index (χ0n) is 18.2. The smallest absolute Gasteiger partial charge is 0.244 e. The van der Waals surface area contributed by atoms with E-state index in [1.54, 1.807) is 5.48 Å². The van der Waals surface area contributed by atoms with Crippen LogP contribution in [-0.4, -0.2) is 47.1 Å². The predicted octanol–water partition coefficient (Wildman–Crippen LogP) is 3.69. The number of amides is 2. The standard InChI is InChI=1S/C24H35N3O3/c1-16(2)17-7-9-18(10-8-17)26-13-11-19(12-14-26)27-22-6-4-3-5-20(22)21(24(27)29)15-23(28)25-30/h3-6,16-19,21,30H,7-15H2,1-2H3,(H,25,28). The summed E-state index contributed by atoms with van der Waals surface area (Å²) in [6.45, 7) is 6.77. The van der Waals surface area contributed by atoms with Crippen LogP contribution < -0.4 is 10.4 Å². The van der Waals surface area contributed by atoms with E-state index < -0.39 is 11.8 Å². The second-order valence-electron chi connectivity index (χ2n) is 9.64. The van der Waals surface area contributed by atoms with Gasteiger partial charge in [0.1, 0.15) is 0 Å². The Balaban J connectivity index is 1.40. The third-order valence-electron chi connectivity index (χ3n) is 7.69. The number of carbonyl (C=O) groups excluding carboxylic acids is 2. The molecule has 30 heavy (non-hydrogen) atoms. The summed E-state index contributed by atoms with van der Waals surface area (Å²) < 4.78 is 0. The van der Waals surface area contributed by atoms with Crippen molar-refractivity contribution in [3.05, 3.63) is 29.8 Å². The summed E-state index contributed by atoms with van der Waals surface area (Å²) in [5.41, 5.74) is 3.52. The third kappa shape index (κ3) is 4.12. The van der Waals surface area contributed by atoms with Crippen LogP contribution in [0.25, 0.3) is 0 Å². The fourth-order valence-electron chi connectivity index (χ4n) is 5.87. The fraction of sp³-hybridized carbons (Fsp3) is 0.667. The summed E-state index contributed by atoms with van der Waals surface area (Å²) in [6, 6.07) is 8.67. The summed E-state index contributed by atoms with van der Waals surface area (Å²) in [7, 11) is 0. The molecule has 0 bridgehead atoms. The van der Waals surface area contributed by atoms with Gasteiger partial charge in [-0.15, -0.1) is 0 Å². The lowest BCUT2D eigenvalue weighted by Gasteiger charge is -2.43. The topological polar surface area (TPSA) is 72.9 Å². The SMILES string of the molecule is CC(C)C1CCC(N2CCC(N3C(=O)C(CC(=O)NO)c4ccccc43)CC2)CC1. The predicted molar refractivity (Wildman–Crippen MR) is 116 cm³/mol. The van der Waals surface area contributed by atoms with Crippen LogP contribution in [0, 0.1) is 11.8 Å². The molecule has 2 amide bonds. The minimum atomic E-state index is -0.517. The fourth-order valence-corrected chi connectivity index (χ4v) is 5.87. The lowest BCUT2D eigenvalue weighted by Crippen LogP contribution is -2.50. The number of nitrogens with zero attached hydrogens (tertiary/aromatic N) is 2. The molecule has 6 nitrogen and oxygen atoms in total. The average molecular weight is 414 g/mol. The van der Waals surface area contributed by atoms with Gasteiger partial charge in [-0.1, -0.05) is 32.0 Å². The van der Waals surface area contributed by atoms with Gasteiger partial charge in [-0.25, -0.2) is 5.48 Å². The molecule has 3 aliphatic rings. The van der Waals surface area contributed by atoms with Gasteiger partial charge in [0.2, 0.25) is 11.8 Å². The first-order valence-corrected chi connectivity index (χ1v) is 11.6. The number of hydrogen-bond donors (Lipinski definition) is 2. The second-order valence-corrected chi connectivity index (χ2v) is 9.64. The Hall–Kier alpha value is -1.92. The molecule has 1 saturated heterocycles. The summed E-state index contributed by atoms with van der Waals surface area (Å²) in [5, 5.41) is 8.91. The minimum absolute atomic E-state index is 0.00399. The van der Waals surface area contributed by atoms with Crippen LogP contribution in [0.2, 0.25) is 0 Å². The molecule has 6 heteroatoms. The quantitative estimate of drug-likeness (QED) is 0.570. The second kappa shape index (κ2) is 9.06. The maximum absolute atomic E-state index is 13.2. The van der Waals surface area contributed by atoms with Crippen molar-refractivity contribution < 1.29 is 14.8 Å². The van der Waals surface area contributed by atoms with E-state index in [4.69, 9.17) is 5.21 Å². The molecule has 2 aliphatic heterocycles. The Labute approximate surface area is 179 Å². The molecule has 1 atom stereocenters.